The first-order valence-corrected chi connectivity index (χ1v) is 11.4. The maximum Gasteiger partial charge on any atom is 0.305 e. The van der Waals surface area contributed by atoms with Gasteiger partial charge in [0.05, 0.1) is 31.0 Å². The fourth-order valence-electron chi connectivity index (χ4n) is 3.12. The highest BCUT2D eigenvalue weighted by molar-refractivity contribution is 7.80. The van der Waals surface area contributed by atoms with Crippen molar-refractivity contribution in [3.8, 4) is 0 Å². The van der Waals surface area contributed by atoms with Gasteiger partial charge in [0.1, 0.15) is 11.6 Å². The third kappa shape index (κ3) is 13.1. The van der Waals surface area contributed by atoms with Crippen molar-refractivity contribution in [2.24, 2.45) is 11.7 Å². The lowest BCUT2D eigenvalue weighted by Crippen LogP contribution is -2.49. The van der Waals surface area contributed by atoms with Crippen molar-refractivity contribution in [2.75, 3.05) is 12.8 Å². The normalized spacial score (nSPS) is 14.5. The number of ketones is 3. The van der Waals surface area contributed by atoms with Crippen molar-refractivity contribution in [2.45, 2.75) is 76.4 Å². The van der Waals surface area contributed by atoms with E-state index < -0.39 is 54.1 Å². The first kappa shape index (κ1) is 30.7. The van der Waals surface area contributed by atoms with Crippen molar-refractivity contribution in [3.63, 3.8) is 0 Å². The fourth-order valence-corrected chi connectivity index (χ4v) is 3.50. The third-order valence-electron chi connectivity index (χ3n) is 5.22. The van der Waals surface area contributed by atoms with Crippen LogP contribution in [0.15, 0.2) is 0 Å². The van der Waals surface area contributed by atoms with E-state index in [9.17, 15) is 28.8 Å². The summed E-state index contributed by atoms with van der Waals surface area (Å²) in [4.78, 5) is 70.2. The van der Waals surface area contributed by atoms with E-state index in [0.717, 1.165) is 0 Å². The Morgan fingerprint density at radius 2 is 1.45 bits per heavy atom. The second-order valence-electron chi connectivity index (χ2n) is 7.93. The zero-order chi connectivity index (χ0) is 25.6. The average molecular weight is 490 g/mol. The number of nitrogens with one attached hydrogen (secondary N) is 2. The van der Waals surface area contributed by atoms with Crippen LogP contribution >= 0.6 is 12.6 Å². The number of thiol groups is 1. The lowest BCUT2D eigenvalue weighted by molar-refractivity contribution is -0.140. The van der Waals surface area contributed by atoms with Crippen LogP contribution < -0.4 is 16.4 Å². The number of rotatable bonds is 19. The monoisotopic (exact) mass is 489 g/mol. The molecule has 0 saturated heterocycles. The van der Waals surface area contributed by atoms with E-state index in [4.69, 9.17) is 15.9 Å². The van der Waals surface area contributed by atoms with E-state index in [1.54, 1.807) is 0 Å². The SMILES string of the molecule is CN[C@@H](CC(=O)O)C(=O)CCCCC[C@H](N)C(=O)N[C@@H](CC(=O)O)C(=O)C[C@@H](CS)C(C)=O. The molecular weight excluding hydrogens is 454 g/mol. The number of amides is 1. The predicted octanol–water partition coefficient (Wildman–Crippen LogP) is -0.0503. The zero-order valence-electron chi connectivity index (χ0n) is 19.0. The molecule has 0 aromatic carbocycles. The van der Waals surface area contributed by atoms with Crippen molar-refractivity contribution >= 4 is 47.8 Å². The quantitative estimate of drug-likeness (QED) is 0.106. The predicted molar refractivity (Wildman–Crippen MR) is 123 cm³/mol. The van der Waals surface area contributed by atoms with Gasteiger partial charge < -0.3 is 26.6 Å². The minimum Gasteiger partial charge on any atom is -0.481 e. The number of hydrogen-bond acceptors (Lipinski definition) is 9. The molecule has 0 heterocycles. The molecule has 0 rings (SSSR count). The van der Waals surface area contributed by atoms with E-state index in [2.05, 4.69) is 23.3 Å². The van der Waals surface area contributed by atoms with Gasteiger partial charge in [-0.1, -0.05) is 12.8 Å². The number of carbonyl (C=O) groups is 6. The zero-order valence-corrected chi connectivity index (χ0v) is 19.9. The third-order valence-corrected chi connectivity index (χ3v) is 5.66. The molecular formula is C21H35N3O8S. The summed E-state index contributed by atoms with van der Waals surface area (Å²) in [7, 11) is 1.52. The van der Waals surface area contributed by atoms with E-state index >= 15 is 0 Å². The molecule has 0 aliphatic carbocycles. The maximum absolute atomic E-state index is 12.4. The van der Waals surface area contributed by atoms with Crippen LogP contribution in [0.25, 0.3) is 0 Å². The largest absolute Gasteiger partial charge is 0.481 e. The van der Waals surface area contributed by atoms with Gasteiger partial charge in [0.2, 0.25) is 5.91 Å². The van der Waals surface area contributed by atoms with Gasteiger partial charge in [0, 0.05) is 24.5 Å². The first-order chi connectivity index (χ1) is 15.4. The van der Waals surface area contributed by atoms with E-state index in [1.165, 1.54) is 14.0 Å². The molecule has 0 aromatic heterocycles. The number of nitrogens with two attached hydrogens (primary N) is 1. The Morgan fingerprint density at radius 1 is 0.879 bits per heavy atom. The summed E-state index contributed by atoms with van der Waals surface area (Å²) < 4.78 is 0. The molecule has 0 fully saturated rings. The van der Waals surface area contributed by atoms with E-state index in [1.807, 2.05) is 0 Å². The van der Waals surface area contributed by atoms with Crippen molar-refractivity contribution in [1.29, 1.82) is 0 Å². The van der Waals surface area contributed by atoms with Crippen LogP contribution in [0.5, 0.6) is 0 Å². The van der Waals surface area contributed by atoms with Crippen LogP contribution in [0.4, 0.5) is 0 Å². The lowest BCUT2D eigenvalue weighted by atomic mass is 9.95. The Bertz CT molecular complexity index is 716. The highest BCUT2D eigenvalue weighted by Gasteiger charge is 2.28. The molecule has 1 amide bonds. The molecule has 0 radical (unpaired) electrons. The Morgan fingerprint density at radius 3 is 1.94 bits per heavy atom. The number of carbonyl (C=O) groups excluding carboxylic acids is 4. The Labute approximate surface area is 198 Å². The summed E-state index contributed by atoms with van der Waals surface area (Å²) in [5.41, 5.74) is 5.86. The molecule has 0 saturated carbocycles. The number of unbranched alkanes of at least 4 members (excludes halogenated alkanes) is 2. The molecule has 0 aliphatic rings. The van der Waals surface area contributed by atoms with Gasteiger partial charge >= 0.3 is 11.9 Å². The first-order valence-electron chi connectivity index (χ1n) is 10.8. The van der Waals surface area contributed by atoms with Gasteiger partial charge in [-0.3, -0.25) is 28.8 Å². The summed E-state index contributed by atoms with van der Waals surface area (Å²) >= 11 is 4.02. The number of Topliss-reactive ketones (excluding diaryl/α,β-unsaturated/α-hetero) is 3. The summed E-state index contributed by atoms with van der Waals surface area (Å²) in [6, 6.07) is -3.02. The summed E-state index contributed by atoms with van der Waals surface area (Å²) in [5, 5.41) is 22.9. The standard InChI is InChI=1S/C21H35N3O8S/c1-12(25)13(11-33)8-18(27)16(10-20(30)31)24-21(32)14(22)6-4-3-5-7-17(26)15(23-2)9-19(28)29/h13-16,23,33H,3-11,22H2,1-2H3,(H,24,32)(H,28,29)(H,30,31)/t13-,14-,15-,16-/m0/s1. The van der Waals surface area contributed by atoms with Crippen molar-refractivity contribution in [3.05, 3.63) is 0 Å². The summed E-state index contributed by atoms with van der Waals surface area (Å²) in [6.45, 7) is 1.31. The highest BCUT2D eigenvalue weighted by atomic mass is 32.1. The van der Waals surface area contributed by atoms with Crippen molar-refractivity contribution < 1.29 is 39.0 Å². The van der Waals surface area contributed by atoms with Gasteiger partial charge in [-0.25, -0.2) is 0 Å². The Kier molecular flexibility index (Phi) is 15.2. The fraction of sp³-hybridized carbons (Fsp3) is 0.714. The van der Waals surface area contributed by atoms with Gasteiger partial charge in [-0.2, -0.15) is 12.6 Å². The molecule has 0 aliphatic heterocycles. The van der Waals surface area contributed by atoms with Gasteiger partial charge in [0.15, 0.2) is 5.78 Å². The number of aliphatic carboxylic acids is 2. The van der Waals surface area contributed by atoms with Gasteiger partial charge in [-0.05, 0) is 26.8 Å². The molecule has 12 heteroatoms. The minimum absolute atomic E-state index is 0.127. The number of carboxylic acid groups (broad SMARTS) is 2. The van der Waals surface area contributed by atoms with Gasteiger partial charge in [-0.15, -0.1) is 0 Å². The molecule has 0 unspecified atom stereocenters. The van der Waals surface area contributed by atoms with Crippen LogP contribution in [-0.2, 0) is 28.8 Å². The Hall–Kier alpha value is -2.31. The van der Waals surface area contributed by atoms with E-state index in [-0.39, 0.29) is 43.0 Å². The van der Waals surface area contributed by atoms with Crippen LogP contribution in [0.2, 0.25) is 0 Å². The lowest BCUT2D eigenvalue weighted by Gasteiger charge is -2.20. The molecule has 33 heavy (non-hydrogen) atoms. The van der Waals surface area contributed by atoms with Crippen LogP contribution in [0, 0.1) is 5.92 Å². The number of likely N-dealkylation sites (N-methyl/N-ethyl adjacent to an activating group) is 1. The minimum atomic E-state index is -1.30. The van der Waals surface area contributed by atoms with Gasteiger partial charge in [0.25, 0.3) is 0 Å². The average Bonchev–Trinajstić information content (AvgIpc) is 2.73. The maximum atomic E-state index is 12.4. The molecule has 188 valence electrons. The van der Waals surface area contributed by atoms with Crippen molar-refractivity contribution in [1.82, 2.24) is 10.6 Å². The second-order valence-corrected chi connectivity index (χ2v) is 8.30. The molecule has 0 aromatic rings. The topological polar surface area (TPSA) is 193 Å². The van der Waals surface area contributed by atoms with Crippen LogP contribution in [0.3, 0.4) is 0 Å². The molecule has 11 nitrogen and oxygen atoms in total. The highest BCUT2D eigenvalue weighted by Crippen LogP contribution is 2.12. The Balaban J connectivity index is 4.60. The molecule has 0 spiro atoms. The van der Waals surface area contributed by atoms with E-state index in [0.29, 0.717) is 19.3 Å². The molecule has 0 bridgehead atoms. The summed E-state index contributed by atoms with van der Waals surface area (Å²) in [6.07, 6.45) is 0.891. The van der Waals surface area contributed by atoms with Crippen LogP contribution in [-0.4, -0.2) is 76.3 Å². The summed E-state index contributed by atoms with van der Waals surface area (Å²) in [5.74, 6) is -4.59. The molecule has 6 N–H and O–H groups in total. The smallest absolute Gasteiger partial charge is 0.305 e. The van der Waals surface area contributed by atoms with Crippen LogP contribution in [0.1, 0.15) is 58.3 Å². The molecule has 4 atom stereocenters. The number of carboxylic acids is 2. The number of hydrogen-bond donors (Lipinski definition) is 6. The second kappa shape index (κ2) is 16.3.